The summed E-state index contributed by atoms with van der Waals surface area (Å²) in [6.07, 6.45) is 3.95. The molecule has 0 bridgehead atoms. The maximum absolute atomic E-state index is 13.2. The van der Waals surface area contributed by atoms with E-state index in [0.29, 0.717) is 25.3 Å². The summed E-state index contributed by atoms with van der Waals surface area (Å²) in [7, 11) is 0. The third-order valence-corrected chi connectivity index (χ3v) is 5.11. The molecule has 0 spiro atoms. The number of aryl methyl sites for hydroxylation is 1. The first-order chi connectivity index (χ1) is 12.1. The second-order valence-electron chi connectivity index (χ2n) is 6.91. The Morgan fingerprint density at radius 3 is 2.96 bits per heavy atom. The Balaban J connectivity index is 1.56. The fourth-order valence-electron chi connectivity index (χ4n) is 3.84. The number of aromatic nitrogens is 2. The van der Waals surface area contributed by atoms with Crippen molar-refractivity contribution in [2.24, 2.45) is 0 Å². The van der Waals surface area contributed by atoms with Crippen LogP contribution in [0.5, 0.6) is 0 Å². The molecule has 0 saturated carbocycles. The molecule has 130 valence electrons. The highest BCUT2D eigenvalue weighted by molar-refractivity contribution is 5.86. The van der Waals surface area contributed by atoms with E-state index in [-0.39, 0.29) is 11.9 Å². The lowest BCUT2D eigenvalue weighted by atomic mass is 9.97. The van der Waals surface area contributed by atoms with Crippen LogP contribution in [0.25, 0.3) is 0 Å². The molecule has 1 amide bonds. The largest absolute Gasteiger partial charge is 0.391 e. The van der Waals surface area contributed by atoms with Gasteiger partial charge in [0.15, 0.2) is 0 Å². The van der Waals surface area contributed by atoms with Crippen molar-refractivity contribution in [1.29, 1.82) is 0 Å². The number of carbonyl (C=O) groups is 1. The van der Waals surface area contributed by atoms with Crippen LogP contribution < -0.4 is 4.90 Å². The summed E-state index contributed by atoms with van der Waals surface area (Å²) in [6, 6.07) is 7.88. The lowest BCUT2D eigenvalue weighted by Gasteiger charge is -2.34. The normalized spacial score (nSPS) is 22.8. The summed E-state index contributed by atoms with van der Waals surface area (Å²) in [4.78, 5) is 25.2. The molecule has 3 heterocycles. The quantitative estimate of drug-likeness (QED) is 0.894. The molecule has 0 radical (unpaired) electrons. The fraction of sp³-hybridized carbons (Fsp3) is 0.421. The van der Waals surface area contributed by atoms with Crippen LogP contribution >= 0.6 is 0 Å². The molecule has 2 atom stereocenters. The summed E-state index contributed by atoms with van der Waals surface area (Å²) >= 11 is 0. The molecule has 6 nitrogen and oxygen atoms in total. The third kappa shape index (κ3) is 3.09. The van der Waals surface area contributed by atoms with Gasteiger partial charge in [0.1, 0.15) is 18.2 Å². The van der Waals surface area contributed by atoms with Crippen LogP contribution in [0, 0.1) is 6.92 Å². The summed E-state index contributed by atoms with van der Waals surface area (Å²) in [6.45, 7) is 3.86. The number of β-amino-alcohol motifs (C(OH)–C–C–N with tert-alkyl or cyclic N) is 1. The molecule has 6 heteroatoms. The van der Waals surface area contributed by atoms with Gasteiger partial charge >= 0.3 is 0 Å². The van der Waals surface area contributed by atoms with E-state index in [2.05, 4.69) is 35.1 Å². The van der Waals surface area contributed by atoms with Crippen molar-refractivity contribution in [3.63, 3.8) is 0 Å². The molecule has 25 heavy (non-hydrogen) atoms. The lowest BCUT2D eigenvalue weighted by Crippen LogP contribution is -2.47. The van der Waals surface area contributed by atoms with Gasteiger partial charge < -0.3 is 14.9 Å². The highest BCUT2D eigenvalue weighted by Crippen LogP contribution is 2.27. The van der Waals surface area contributed by atoms with Gasteiger partial charge in [0, 0.05) is 32.3 Å². The van der Waals surface area contributed by atoms with E-state index in [1.165, 1.54) is 23.0 Å². The number of rotatable bonds is 2. The Hall–Kier alpha value is -2.47. The molecule has 2 aliphatic rings. The van der Waals surface area contributed by atoms with Crippen LogP contribution in [0.2, 0.25) is 0 Å². The number of aliphatic hydroxyl groups is 1. The zero-order chi connectivity index (χ0) is 17.4. The van der Waals surface area contributed by atoms with Gasteiger partial charge in [0.25, 0.3) is 0 Å². The smallest absolute Gasteiger partial charge is 0.245 e. The van der Waals surface area contributed by atoms with Gasteiger partial charge in [-0.05, 0) is 30.5 Å². The molecular formula is C19H22N4O2. The minimum Gasteiger partial charge on any atom is -0.391 e. The standard InChI is InChI=1S/C19H22N4O2/c1-13-2-3-14-5-7-22(10-15(14)8-13)19(25)17-9-16(24)11-23(17)18-4-6-20-12-21-18/h2-4,6,8,12,16-17,24H,5,7,9-11H2,1H3. The number of fused-ring (bicyclic) bond motifs is 1. The molecule has 4 rings (SSSR count). The summed E-state index contributed by atoms with van der Waals surface area (Å²) in [5, 5.41) is 10.1. The van der Waals surface area contributed by atoms with Crippen molar-refractivity contribution in [3.8, 4) is 0 Å². The van der Waals surface area contributed by atoms with Gasteiger partial charge in [-0.2, -0.15) is 0 Å². The van der Waals surface area contributed by atoms with Gasteiger partial charge in [-0.15, -0.1) is 0 Å². The molecule has 1 N–H and O–H groups in total. The molecule has 0 aliphatic carbocycles. The van der Waals surface area contributed by atoms with Crippen molar-refractivity contribution < 1.29 is 9.90 Å². The zero-order valence-electron chi connectivity index (χ0n) is 14.3. The van der Waals surface area contributed by atoms with Gasteiger partial charge in [-0.25, -0.2) is 9.97 Å². The Morgan fingerprint density at radius 1 is 1.28 bits per heavy atom. The van der Waals surface area contributed by atoms with Crippen LogP contribution in [0.15, 0.2) is 36.8 Å². The maximum Gasteiger partial charge on any atom is 0.245 e. The molecule has 1 saturated heterocycles. The average Bonchev–Trinajstić information content (AvgIpc) is 3.03. The summed E-state index contributed by atoms with van der Waals surface area (Å²) in [5.41, 5.74) is 3.77. The Morgan fingerprint density at radius 2 is 2.16 bits per heavy atom. The molecule has 1 aromatic carbocycles. The van der Waals surface area contributed by atoms with Gasteiger partial charge in [0.05, 0.1) is 6.10 Å². The number of hydrogen-bond acceptors (Lipinski definition) is 5. The second-order valence-corrected chi connectivity index (χ2v) is 6.91. The molecule has 1 aromatic heterocycles. The molecule has 2 unspecified atom stereocenters. The summed E-state index contributed by atoms with van der Waals surface area (Å²) in [5.74, 6) is 0.764. The molecular weight excluding hydrogens is 316 g/mol. The number of hydrogen-bond donors (Lipinski definition) is 1. The molecule has 2 aliphatic heterocycles. The predicted molar refractivity (Wildman–Crippen MR) is 94.1 cm³/mol. The van der Waals surface area contributed by atoms with Crippen molar-refractivity contribution in [1.82, 2.24) is 14.9 Å². The lowest BCUT2D eigenvalue weighted by molar-refractivity contribution is -0.133. The number of benzene rings is 1. The van der Waals surface area contributed by atoms with Gasteiger partial charge in [-0.3, -0.25) is 4.79 Å². The Kier molecular flexibility index (Phi) is 4.13. The number of carbonyl (C=O) groups excluding carboxylic acids is 1. The van der Waals surface area contributed by atoms with Crippen LogP contribution in [-0.4, -0.2) is 51.1 Å². The number of anilines is 1. The first-order valence-electron chi connectivity index (χ1n) is 8.70. The Labute approximate surface area is 147 Å². The highest BCUT2D eigenvalue weighted by Gasteiger charge is 2.39. The van der Waals surface area contributed by atoms with Crippen LogP contribution in [-0.2, 0) is 17.8 Å². The van der Waals surface area contributed by atoms with Gasteiger partial charge in [-0.1, -0.05) is 23.8 Å². The fourth-order valence-corrected chi connectivity index (χ4v) is 3.84. The minimum absolute atomic E-state index is 0.0716. The van der Waals surface area contributed by atoms with E-state index in [4.69, 9.17) is 0 Å². The van der Waals surface area contributed by atoms with Gasteiger partial charge in [0.2, 0.25) is 5.91 Å². The van der Waals surface area contributed by atoms with Crippen molar-refractivity contribution in [2.45, 2.75) is 38.5 Å². The predicted octanol–water partition coefficient (Wildman–Crippen LogP) is 1.31. The first kappa shape index (κ1) is 16.0. The topological polar surface area (TPSA) is 69.6 Å². The van der Waals surface area contributed by atoms with Crippen LogP contribution in [0.3, 0.4) is 0 Å². The van der Waals surface area contributed by atoms with Crippen molar-refractivity contribution in [2.75, 3.05) is 18.0 Å². The van der Waals surface area contributed by atoms with Crippen LogP contribution in [0.4, 0.5) is 5.82 Å². The van der Waals surface area contributed by atoms with Crippen LogP contribution in [0.1, 0.15) is 23.1 Å². The zero-order valence-corrected chi connectivity index (χ0v) is 14.3. The van der Waals surface area contributed by atoms with E-state index in [1.807, 2.05) is 9.80 Å². The van der Waals surface area contributed by atoms with E-state index in [1.54, 1.807) is 12.3 Å². The summed E-state index contributed by atoms with van der Waals surface area (Å²) < 4.78 is 0. The highest BCUT2D eigenvalue weighted by atomic mass is 16.3. The average molecular weight is 338 g/mol. The Bertz CT molecular complexity index is 780. The van der Waals surface area contributed by atoms with E-state index in [9.17, 15) is 9.90 Å². The third-order valence-electron chi connectivity index (χ3n) is 5.11. The first-order valence-corrected chi connectivity index (χ1v) is 8.70. The number of amides is 1. The number of aliphatic hydroxyl groups excluding tert-OH is 1. The maximum atomic E-state index is 13.2. The minimum atomic E-state index is -0.511. The monoisotopic (exact) mass is 338 g/mol. The van der Waals surface area contributed by atoms with E-state index in [0.717, 1.165) is 13.0 Å². The van der Waals surface area contributed by atoms with E-state index >= 15 is 0 Å². The second kappa shape index (κ2) is 6.44. The van der Waals surface area contributed by atoms with Crippen molar-refractivity contribution >= 4 is 11.7 Å². The molecule has 1 fully saturated rings. The van der Waals surface area contributed by atoms with E-state index < -0.39 is 6.10 Å². The number of nitrogens with zero attached hydrogens (tertiary/aromatic N) is 4. The SMILES string of the molecule is Cc1ccc2c(c1)CN(C(=O)C1CC(O)CN1c1ccncn1)CC2. The molecule has 2 aromatic rings. The van der Waals surface area contributed by atoms with Crippen molar-refractivity contribution in [3.05, 3.63) is 53.5 Å².